The topological polar surface area (TPSA) is 12.0 Å². The maximum absolute atomic E-state index is 5.98. The summed E-state index contributed by atoms with van der Waals surface area (Å²) in [7, 11) is 2.08. The molecular weight excluding hydrogens is 250 g/mol. The molecule has 2 atom stereocenters. The Hall–Kier alpha value is -0.0500. The minimum atomic E-state index is 0.585. The maximum Gasteiger partial charge on any atom is 0.0931 e. The van der Waals surface area contributed by atoms with Gasteiger partial charge in [0.25, 0.3) is 0 Å². The van der Waals surface area contributed by atoms with Gasteiger partial charge in [0.2, 0.25) is 0 Å². The number of nitrogens with one attached hydrogen (secondary N) is 1. The van der Waals surface area contributed by atoms with E-state index in [1.807, 2.05) is 6.07 Å². The largest absolute Gasteiger partial charge is 0.316 e. The van der Waals surface area contributed by atoms with Crippen molar-refractivity contribution in [2.45, 2.75) is 52.0 Å². The van der Waals surface area contributed by atoms with Crippen molar-refractivity contribution in [3.8, 4) is 0 Å². The summed E-state index contributed by atoms with van der Waals surface area (Å²) in [6.45, 7) is 4.56. The van der Waals surface area contributed by atoms with Gasteiger partial charge in [-0.25, -0.2) is 0 Å². The molecule has 1 N–H and O–H groups in total. The van der Waals surface area contributed by atoms with E-state index >= 15 is 0 Å². The van der Waals surface area contributed by atoms with Crippen LogP contribution in [0.4, 0.5) is 0 Å². The van der Waals surface area contributed by atoms with Crippen LogP contribution in [0.25, 0.3) is 0 Å². The van der Waals surface area contributed by atoms with Gasteiger partial charge in [0.15, 0.2) is 0 Å². The fourth-order valence-corrected chi connectivity index (χ4v) is 3.48. The molecule has 0 fully saturated rings. The Labute approximate surface area is 115 Å². The second kappa shape index (κ2) is 8.12. The van der Waals surface area contributed by atoms with Crippen LogP contribution in [0.15, 0.2) is 12.1 Å². The molecule has 17 heavy (non-hydrogen) atoms. The van der Waals surface area contributed by atoms with Crippen molar-refractivity contribution >= 4 is 22.9 Å². The summed E-state index contributed by atoms with van der Waals surface area (Å²) in [5, 5.41) is 3.48. The van der Waals surface area contributed by atoms with Crippen molar-refractivity contribution in [1.29, 1.82) is 0 Å². The molecule has 0 aromatic carbocycles. The van der Waals surface area contributed by atoms with E-state index in [9.17, 15) is 0 Å². The van der Waals surface area contributed by atoms with Gasteiger partial charge >= 0.3 is 0 Å². The zero-order valence-electron chi connectivity index (χ0n) is 11.1. The predicted octanol–water partition coefficient (Wildman–Crippen LogP) is 4.75. The van der Waals surface area contributed by atoms with Gasteiger partial charge in [-0.05, 0) is 37.9 Å². The van der Waals surface area contributed by atoms with E-state index in [4.69, 9.17) is 11.6 Å². The summed E-state index contributed by atoms with van der Waals surface area (Å²) in [5.41, 5.74) is 0. The van der Waals surface area contributed by atoms with Crippen LogP contribution in [0.2, 0.25) is 4.34 Å². The highest BCUT2D eigenvalue weighted by Crippen LogP contribution is 2.26. The van der Waals surface area contributed by atoms with Crippen molar-refractivity contribution in [1.82, 2.24) is 5.32 Å². The van der Waals surface area contributed by atoms with Crippen molar-refractivity contribution in [2.24, 2.45) is 5.92 Å². The third kappa shape index (κ3) is 4.99. The van der Waals surface area contributed by atoms with Gasteiger partial charge in [-0.2, -0.15) is 0 Å². The number of hydrogen-bond donors (Lipinski definition) is 1. The zero-order chi connectivity index (χ0) is 12.7. The minimum Gasteiger partial charge on any atom is -0.316 e. The Kier molecular flexibility index (Phi) is 7.17. The Morgan fingerprint density at radius 2 is 2.12 bits per heavy atom. The first-order valence-electron chi connectivity index (χ1n) is 6.62. The number of thiophene rings is 1. The van der Waals surface area contributed by atoms with E-state index < -0.39 is 0 Å². The van der Waals surface area contributed by atoms with Gasteiger partial charge in [0.1, 0.15) is 0 Å². The molecule has 2 unspecified atom stereocenters. The third-order valence-electron chi connectivity index (χ3n) is 3.44. The van der Waals surface area contributed by atoms with Crippen LogP contribution in [-0.4, -0.2) is 13.1 Å². The SMILES string of the molecule is CCCCC(CC)C(Cc1ccc(Cl)s1)NC. The summed E-state index contributed by atoms with van der Waals surface area (Å²) < 4.78 is 0.899. The zero-order valence-corrected chi connectivity index (χ0v) is 12.7. The Balaban J connectivity index is 2.56. The van der Waals surface area contributed by atoms with Crippen LogP contribution >= 0.6 is 22.9 Å². The van der Waals surface area contributed by atoms with Crippen LogP contribution in [0.1, 0.15) is 44.4 Å². The Morgan fingerprint density at radius 1 is 1.35 bits per heavy atom. The number of rotatable bonds is 8. The molecule has 0 spiro atoms. The van der Waals surface area contributed by atoms with Gasteiger partial charge in [0.05, 0.1) is 4.34 Å². The predicted molar refractivity (Wildman–Crippen MR) is 79.2 cm³/mol. The normalized spacial score (nSPS) is 14.8. The summed E-state index contributed by atoms with van der Waals surface area (Å²) in [6, 6.07) is 4.74. The fourth-order valence-electron chi connectivity index (χ4n) is 2.34. The third-order valence-corrected chi connectivity index (χ3v) is 4.70. The van der Waals surface area contributed by atoms with E-state index in [-0.39, 0.29) is 0 Å². The molecule has 0 saturated carbocycles. The lowest BCUT2D eigenvalue weighted by molar-refractivity contribution is 0.331. The molecule has 1 aromatic rings. The van der Waals surface area contributed by atoms with E-state index in [0.29, 0.717) is 6.04 Å². The number of hydrogen-bond acceptors (Lipinski definition) is 2. The van der Waals surface area contributed by atoms with E-state index in [0.717, 1.165) is 16.7 Å². The molecule has 1 aromatic heterocycles. The number of halogens is 1. The van der Waals surface area contributed by atoms with Crippen molar-refractivity contribution in [2.75, 3.05) is 7.05 Å². The summed E-state index contributed by atoms with van der Waals surface area (Å²) in [6.07, 6.45) is 6.32. The van der Waals surface area contributed by atoms with E-state index in [1.165, 1.54) is 30.6 Å². The molecule has 0 aliphatic rings. The molecule has 0 radical (unpaired) electrons. The highest BCUT2D eigenvalue weighted by atomic mass is 35.5. The lowest BCUT2D eigenvalue weighted by Gasteiger charge is -2.25. The van der Waals surface area contributed by atoms with Crippen molar-refractivity contribution in [3.63, 3.8) is 0 Å². The molecule has 98 valence electrons. The molecule has 0 saturated heterocycles. The van der Waals surface area contributed by atoms with Gasteiger partial charge in [-0.15, -0.1) is 11.3 Å². The first-order valence-corrected chi connectivity index (χ1v) is 7.82. The molecule has 1 rings (SSSR count). The fraction of sp³-hybridized carbons (Fsp3) is 0.714. The first kappa shape index (κ1) is 15.0. The monoisotopic (exact) mass is 273 g/mol. The molecular formula is C14H24ClNS. The summed E-state index contributed by atoms with van der Waals surface area (Å²) in [4.78, 5) is 1.39. The molecule has 0 aliphatic carbocycles. The maximum atomic E-state index is 5.98. The minimum absolute atomic E-state index is 0.585. The standard InChI is InChI=1S/C14H24ClNS/c1-4-6-7-11(5-2)13(16-3)10-12-8-9-14(15)17-12/h8-9,11,13,16H,4-7,10H2,1-3H3. The van der Waals surface area contributed by atoms with Crippen LogP contribution in [0.3, 0.4) is 0 Å². The smallest absolute Gasteiger partial charge is 0.0931 e. The molecule has 0 aliphatic heterocycles. The summed E-state index contributed by atoms with van der Waals surface area (Å²) in [5.74, 6) is 0.779. The number of likely N-dealkylation sites (N-methyl/N-ethyl adjacent to an activating group) is 1. The van der Waals surface area contributed by atoms with Crippen LogP contribution in [-0.2, 0) is 6.42 Å². The molecule has 1 nitrogen and oxygen atoms in total. The molecule has 1 heterocycles. The lowest BCUT2D eigenvalue weighted by atomic mass is 9.89. The van der Waals surface area contributed by atoms with Crippen LogP contribution < -0.4 is 5.32 Å². The highest BCUT2D eigenvalue weighted by molar-refractivity contribution is 7.16. The quantitative estimate of drug-likeness (QED) is 0.721. The van der Waals surface area contributed by atoms with Gasteiger partial charge in [-0.3, -0.25) is 0 Å². The second-order valence-corrected chi connectivity index (χ2v) is 6.42. The average molecular weight is 274 g/mol. The number of unbranched alkanes of at least 4 members (excludes halogenated alkanes) is 1. The highest BCUT2D eigenvalue weighted by Gasteiger charge is 2.18. The second-order valence-electron chi connectivity index (χ2n) is 4.62. The van der Waals surface area contributed by atoms with E-state index in [2.05, 4.69) is 32.3 Å². The summed E-state index contributed by atoms with van der Waals surface area (Å²) >= 11 is 7.69. The molecule has 0 bridgehead atoms. The Morgan fingerprint density at radius 3 is 2.59 bits per heavy atom. The van der Waals surface area contributed by atoms with Crippen molar-refractivity contribution < 1.29 is 0 Å². The van der Waals surface area contributed by atoms with Gasteiger partial charge < -0.3 is 5.32 Å². The Bertz CT molecular complexity index is 311. The van der Waals surface area contributed by atoms with Crippen LogP contribution in [0, 0.1) is 5.92 Å². The van der Waals surface area contributed by atoms with Crippen LogP contribution in [0.5, 0.6) is 0 Å². The van der Waals surface area contributed by atoms with Gasteiger partial charge in [-0.1, -0.05) is 44.7 Å². The van der Waals surface area contributed by atoms with Crippen molar-refractivity contribution in [3.05, 3.63) is 21.3 Å². The molecule has 3 heteroatoms. The van der Waals surface area contributed by atoms with Gasteiger partial charge in [0, 0.05) is 10.9 Å². The first-order chi connectivity index (χ1) is 8.21. The van der Waals surface area contributed by atoms with E-state index in [1.54, 1.807) is 11.3 Å². The lowest BCUT2D eigenvalue weighted by Crippen LogP contribution is -2.35. The average Bonchev–Trinajstić information content (AvgIpc) is 2.74. The molecule has 0 amide bonds.